The van der Waals surface area contributed by atoms with Gasteiger partial charge in [0.1, 0.15) is 6.54 Å². The van der Waals surface area contributed by atoms with E-state index >= 15 is 0 Å². The lowest BCUT2D eigenvalue weighted by atomic mass is 10.4. The highest BCUT2D eigenvalue weighted by Crippen LogP contribution is 1.97. The van der Waals surface area contributed by atoms with E-state index in [9.17, 15) is 9.59 Å². The van der Waals surface area contributed by atoms with Crippen LogP contribution in [0.1, 0.15) is 17.4 Å². The molecule has 1 N–H and O–H groups in total. The Bertz CT molecular complexity index is 372. The number of aromatic carboxylic acids is 1. The molecule has 1 aromatic rings. The summed E-state index contributed by atoms with van der Waals surface area (Å²) in [5.74, 6) is -1.17. The van der Waals surface area contributed by atoms with Gasteiger partial charge >= 0.3 is 5.97 Å². The second-order valence-corrected chi connectivity index (χ2v) is 3.14. The molecule has 0 spiro atoms. The first kappa shape index (κ1) is 11.2. The second-order valence-electron chi connectivity index (χ2n) is 3.14. The lowest BCUT2D eigenvalue weighted by Gasteiger charge is -2.14. The maximum Gasteiger partial charge on any atom is 0.356 e. The number of imidazole rings is 1. The molecule has 0 fully saturated rings. The summed E-state index contributed by atoms with van der Waals surface area (Å²) in [7, 11) is 1.69. The summed E-state index contributed by atoms with van der Waals surface area (Å²) < 4.78 is 1.46. The molecule has 1 amide bonds. The number of carbonyl (C=O) groups is 2. The Kier molecular flexibility index (Phi) is 3.43. The molecule has 0 saturated heterocycles. The van der Waals surface area contributed by atoms with Crippen LogP contribution in [0, 0.1) is 0 Å². The Morgan fingerprint density at radius 1 is 1.60 bits per heavy atom. The molecule has 0 aliphatic rings. The molecular weight excluding hydrogens is 198 g/mol. The van der Waals surface area contributed by atoms with Gasteiger partial charge in [0, 0.05) is 19.8 Å². The van der Waals surface area contributed by atoms with Crippen molar-refractivity contribution in [3.05, 3.63) is 18.2 Å². The average Bonchev–Trinajstić information content (AvgIpc) is 2.65. The second kappa shape index (κ2) is 4.59. The summed E-state index contributed by atoms with van der Waals surface area (Å²) in [4.78, 5) is 27.2. The summed E-state index contributed by atoms with van der Waals surface area (Å²) in [6, 6.07) is 0. The van der Waals surface area contributed by atoms with Crippen LogP contribution in [-0.2, 0) is 11.3 Å². The van der Waals surface area contributed by atoms with Gasteiger partial charge in [0.2, 0.25) is 5.91 Å². The number of rotatable bonds is 4. The van der Waals surface area contributed by atoms with Crippen molar-refractivity contribution in [3.8, 4) is 0 Å². The number of hydrogen-bond acceptors (Lipinski definition) is 3. The maximum absolute atomic E-state index is 11.5. The summed E-state index contributed by atoms with van der Waals surface area (Å²) in [5, 5.41) is 8.62. The van der Waals surface area contributed by atoms with Crippen LogP contribution in [0.2, 0.25) is 0 Å². The number of amides is 1. The third-order valence-electron chi connectivity index (χ3n) is 2.07. The number of nitrogens with zero attached hydrogens (tertiary/aromatic N) is 3. The summed E-state index contributed by atoms with van der Waals surface area (Å²) in [5.41, 5.74) is -0.0537. The van der Waals surface area contributed by atoms with Crippen molar-refractivity contribution in [1.29, 1.82) is 0 Å². The molecule has 0 radical (unpaired) electrons. The third-order valence-corrected chi connectivity index (χ3v) is 2.07. The lowest BCUT2D eigenvalue weighted by molar-refractivity contribution is -0.130. The first-order valence-electron chi connectivity index (χ1n) is 4.53. The van der Waals surface area contributed by atoms with E-state index in [0.717, 1.165) is 0 Å². The molecule has 0 unspecified atom stereocenters. The van der Waals surface area contributed by atoms with Crippen LogP contribution >= 0.6 is 0 Å². The molecule has 6 heteroatoms. The Morgan fingerprint density at radius 2 is 2.27 bits per heavy atom. The van der Waals surface area contributed by atoms with Gasteiger partial charge in [-0.2, -0.15) is 0 Å². The maximum atomic E-state index is 11.5. The van der Waals surface area contributed by atoms with Gasteiger partial charge < -0.3 is 14.6 Å². The van der Waals surface area contributed by atoms with Crippen molar-refractivity contribution < 1.29 is 14.7 Å². The van der Waals surface area contributed by atoms with E-state index in [-0.39, 0.29) is 18.1 Å². The zero-order valence-corrected chi connectivity index (χ0v) is 8.67. The number of carboxylic acid groups (broad SMARTS) is 1. The van der Waals surface area contributed by atoms with Crippen LogP contribution in [0.4, 0.5) is 0 Å². The van der Waals surface area contributed by atoms with E-state index in [2.05, 4.69) is 4.98 Å². The molecular formula is C9H13N3O3. The molecule has 0 atom stereocenters. The molecule has 15 heavy (non-hydrogen) atoms. The highest BCUT2D eigenvalue weighted by Gasteiger charge is 2.10. The fourth-order valence-electron chi connectivity index (χ4n) is 1.01. The van der Waals surface area contributed by atoms with E-state index in [1.807, 2.05) is 6.92 Å². The van der Waals surface area contributed by atoms with Crippen LogP contribution in [0.5, 0.6) is 0 Å². The van der Waals surface area contributed by atoms with Gasteiger partial charge in [0.15, 0.2) is 5.69 Å². The Hall–Kier alpha value is -1.85. The van der Waals surface area contributed by atoms with Crippen LogP contribution in [0.3, 0.4) is 0 Å². The molecule has 6 nitrogen and oxygen atoms in total. The first-order valence-corrected chi connectivity index (χ1v) is 4.53. The van der Waals surface area contributed by atoms with Gasteiger partial charge in [0.25, 0.3) is 0 Å². The van der Waals surface area contributed by atoms with Crippen molar-refractivity contribution in [1.82, 2.24) is 14.5 Å². The fourth-order valence-corrected chi connectivity index (χ4v) is 1.01. The molecule has 1 heterocycles. The molecule has 82 valence electrons. The SMILES string of the molecule is CCN(C)C(=O)Cn1cnc(C(=O)O)c1. The fraction of sp³-hybridized carbons (Fsp3) is 0.444. The van der Waals surface area contributed by atoms with E-state index in [4.69, 9.17) is 5.11 Å². The summed E-state index contributed by atoms with van der Waals surface area (Å²) in [6.45, 7) is 2.61. The van der Waals surface area contributed by atoms with E-state index < -0.39 is 5.97 Å². The number of carbonyl (C=O) groups excluding carboxylic acids is 1. The topological polar surface area (TPSA) is 75.4 Å². The standard InChI is InChI=1S/C9H13N3O3/c1-3-11(2)8(13)5-12-4-7(9(14)15)10-6-12/h4,6H,3,5H2,1-2H3,(H,14,15). The molecule has 0 aliphatic carbocycles. The van der Waals surface area contributed by atoms with Gasteiger partial charge in [-0.3, -0.25) is 4.79 Å². The summed E-state index contributed by atoms with van der Waals surface area (Å²) >= 11 is 0. The molecule has 0 saturated carbocycles. The van der Waals surface area contributed by atoms with Gasteiger partial charge in [0.05, 0.1) is 6.33 Å². The van der Waals surface area contributed by atoms with Crippen molar-refractivity contribution in [2.75, 3.05) is 13.6 Å². The minimum atomic E-state index is -1.09. The van der Waals surface area contributed by atoms with Crippen LogP contribution in [0.15, 0.2) is 12.5 Å². The van der Waals surface area contributed by atoms with E-state index in [0.29, 0.717) is 6.54 Å². The molecule has 0 aliphatic heterocycles. The normalized spacial score (nSPS) is 10.0. The number of carboxylic acids is 1. The van der Waals surface area contributed by atoms with E-state index in [1.165, 1.54) is 17.1 Å². The summed E-state index contributed by atoms with van der Waals surface area (Å²) in [6.07, 6.45) is 2.68. The van der Waals surface area contributed by atoms with Crippen LogP contribution in [-0.4, -0.2) is 45.0 Å². The zero-order chi connectivity index (χ0) is 11.4. The molecule has 0 bridgehead atoms. The quantitative estimate of drug-likeness (QED) is 0.764. The Labute approximate surface area is 87.1 Å². The molecule has 0 aromatic carbocycles. The molecule has 1 aromatic heterocycles. The van der Waals surface area contributed by atoms with Crippen molar-refractivity contribution in [2.45, 2.75) is 13.5 Å². The van der Waals surface area contributed by atoms with Gasteiger partial charge in [-0.05, 0) is 6.92 Å². The number of hydrogen-bond donors (Lipinski definition) is 1. The minimum absolute atomic E-state index is 0.0537. The highest BCUT2D eigenvalue weighted by molar-refractivity contribution is 5.85. The van der Waals surface area contributed by atoms with Crippen molar-refractivity contribution in [2.24, 2.45) is 0 Å². The van der Waals surface area contributed by atoms with Crippen molar-refractivity contribution >= 4 is 11.9 Å². The predicted octanol–water partition coefficient (Wildman–Crippen LogP) is 0.0596. The van der Waals surface area contributed by atoms with Gasteiger partial charge in [-0.25, -0.2) is 9.78 Å². The average molecular weight is 211 g/mol. The number of aromatic nitrogens is 2. The molecule has 1 rings (SSSR count). The Morgan fingerprint density at radius 3 is 2.73 bits per heavy atom. The lowest BCUT2D eigenvalue weighted by Crippen LogP contribution is -2.29. The monoisotopic (exact) mass is 211 g/mol. The van der Waals surface area contributed by atoms with Gasteiger partial charge in [-0.15, -0.1) is 0 Å². The predicted molar refractivity (Wildman–Crippen MR) is 52.5 cm³/mol. The van der Waals surface area contributed by atoms with E-state index in [1.54, 1.807) is 11.9 Å². The number of likely N-dealkylation sites (N-methyl/N-ethyl adjacent to an activating group) is 1. The Balaban J connectivity index is 2.65. The van der Waals surface area contributed by atoms with Crippen LogP contribution in [0.25, 0.3) is 0 Å². The highest BCUT2D eigenvalue weighted by atomic mass is 16.4. The van der Waals surface area contributed by atoms with Crippen LogP contribution < -0.4 is 0 Å². The third kappa shape index (κ3) is 2.80. The zero-order valence-electron chi connectivity index (χ0n) is 8.67. The smallest absolute Gasteiger partial charge is 0.356 e. The van der Waals surface area contributed by atoms with Crippen molar-refractivity contribution in [3.63, 3.8) is 0 Å². The largest absolute Gasteiger partial charge is 0.476 e. The first-order chi connectivity index (χ1) is 7.04. The minimum Gasteiger partial charge on any atom is -0.476 e. The van der Waals surface area contributed by atoms with Gasteiger partial charge in [-0.1, -0.05) is 0 Å².